The van der Waals surface area contributed by atoms with Crippen LogP contribution in [0.5, 0.6) is 11.5 Å². The number of likely N-dealkylation sites (N-methyl/N-ethyl adjacent to an activating group) is 1. The van der Waals surface area contributed by atoms with Crippen molar-refractivity contribution in [3.05, 3.63) is 23.8 Å². The summed E-state index contributed by atoms with van der Waals surface area (Å²) in [6, 6.07) is 5.70. The normalized spacial score (nSPS) is 11.6. The molecule has 160 valence electrons. The van der Waals surface area contributed by atoms with Gasteiger partial charge in [-0.05, 0) is 38.1 Å². The number of aliphatic hydroxyl groups excluding tert-OH is 1. The molecular weight excluding hydrogens is 360 g/mol. The van der Waals surface area contributed by atoms with E-state index in [4.69, 9.17) is 19.3 Å². The van der Waals surface area contributed by atoms with Crippen molar-refractivity contribution in [2.75, 3.05) is 67.3 Å². The summed E-state index contributed by atoms with van der Waals surface area (Å²) in [6.45, 7) is 7.11. The van der Waals surface area contributed by atoms with E-state index in [1.165, 1.54) is 0 Å². The third-order valence-corrected chi connectivity index (χ3v) is 4.02. The summed E-state index contributed by atoms with van der Waals surface area (Å²) in [5, 5.41) is 15.5. The van der Waals surface area contributed by atoms with E-state index in [0.29, 0.717) is 18.0 Å². The molecule has 0 amide bonds. The van der Waals surface area contributed by atoms with Crippen molar-refractivity contribution >= 4 is 5.96 Å². The van der Waals surface area contributed by atoms with Crippen LogP contribution in [0.25, 0.3) is 0 Å². The second-order valence-electron chi connectivity index (χ2n) is 6.33. The Morgan fingerprint density at radius 3 is 2.64 bits per heavy atom. The largest absolute Gasteiger partial charge is 0.493 e. The van der Waals surface area contributed by atoms with Gasteiger partial charge in [0.1, 0.15) is 6.61 Å². The molecule has 0 aliphatic rings. The lowest BCUT2D eigenvalue weighted by molar-refractivity contribution is 0.180. The molecule has 0 atom stereocenters. The van der Waals surface area contributed by atoms with Crippen LogP contribution >= 0.6 is 0 Å². The number of nitrogens with one attached hydrogen (secondary N) is 2. The predicted octanol–water partition coefficient (Wildman–Crippen LogP) is 1.09. The Labute approximate surface area is 168 Å². The lowest BCUT2D eigenvalue weighted by Crippen LogP contribution is -2.41. The number of hydrogen-bond donors (Lipinski definition) is 3. The summed E-state index contributed by atoms with van der Waals surface area (Å²) in [5.74, 6) is 2.04. The highest BCUT2D eigenvalue weighted by atomic mass is 16.5. The molecule has 8 heteroatoms. The molecule has 1 aromatic carbocycles. The van der Waals surface area contributed by atoms with Crippen LogP contribution in [0.3, 0.4) is 0 Å². The Kier molecular flexibility index (Phi) is 12.8. The molecule has 1 aromatic rings. The van der Waals surface area contributed by atoms with Gasteiger partial charge in [0.2, 0.25) is 0 Å². The number of benzene rings is 1. The Hall–Kier alpha value is -2.03. The summed E-state index contributed by atoms with van der Waals surface area (Å²) in [4.78, 5) is 6.91. The Morgan fingerprint density at radius 1 is 1.14 bits per heavy atom. The minimum atomic E-state index is -0.0332. The summed E-state index contributed by atoms with van der Waals surface area (Å²) in [7, 11) is 5.43. The quantitative estimate of drug-likeness (QED) is 0.246. The molecular formula is C20H36N4O4. The second-order valence-corrected chi connectivity index (χ2v) is 6.33. The van der Waals surface area contributed by atoms with Gasteiger partial charge in [0, 0.05) is 39.9 Å². The molecule has 28 heavy (non-hydrogen) atoms. The lowest BCUT2D eigenvalue weighted by atomic mass is 10.2. The highest BCUT2D eigenvalue weighted by molar-refractivity contribution is 5.79. The SMILES string of the molecule is CCNC(=NCc1ccc(OCCO)c(OC)c1)NCCN(C)CCCOC. The van der Waals surface area contributed by atoms with Crippen molar-refractivity contribution in [1.82, 2.24) is 15.5 Å². The summed E-state index contributed by atoms with van der Waals surface area (Å²) in [6.07, 6.45) is 1.03. The van der Waals surface area contributed by atoms with Gasteiger partial charge in [-0.3, -0.25) is 0 Å². The minimum Gasteiger partial charge on any atom is -0.493 e. The first-order chi connectivity index (χ1) is 13.6. The number of aliphatic hydroxyl groups is 1. The smallest absolute Gasteiger partial charge is 0.191 e. The van der Waals surface area contributed by atoms with Crippen molar-refractivity contribution in [3.63, 3.8) is 0 Å². The van der Waals surface area contributed by atoms with Gasteiger partial charge in [0.25, 0.3) is 0 Å². The number of methoxy groups -OCH3 is 2. The molecule has 0 heterocycles. The average molecular weight is 397 g/mol. The van der Waals surface area contributed by atoms with Crippen molar-refractivity contribution in [1.29, 1.82) is 0 Å². The second kappa shape index (κ2) is 15.0. The molecule has 0 radical (unpaired) electrons. The fourth-order valence-electron chi connectivity index (χ4n) is 2.55. The molecule has 0 fully saturated rings. The van der Waals surface area contributed by atoms with E-state index >= 15 is 0 Å². The Morgan fingerprint density at radius 2 is 1.96 bits per heavy atom. The zero-order valence-corrected chi connectivity index (χ0v) is 17.7. The first-order valence-corrected chi connectivity index (χ1v) is 9.74. The maximum Gasteiger partial charge on any atom is 0.191 e. The average Bonchev–Trinajstić information content (AvgIpc) is 2.70. The molecule has 3 N–H and O–H groups in total. The van der Waals surface area contributed by atoms with Crippen LogP contribution in [-0.4, -0.2) is 83.2 Å². The van der Waals surface area contributed by atoms with Crippen LogP contribution in [0.1, 0.15) is 18.9 Å². The third kappa shape index (κ3) is 9.77. The van der Waals surface area contributed by atoms with E-state index in [1.54, 1.807) is 14.2 Å². The molecule has 0 spiro atoms. The van der Waals surface area contributed by atoms with E-state index in [-0.39, 0.29) is 13.2 Å². The number of aliphatic imine (C=N–C) groups is 1. The van der Waals surface area contributed by atoms with Gasteiger partial charge in [-0.15, -0.1) is 0 Å². The topological polar surface area (TPSA) is 87.6 Å². The van der Waals surface area contributed by atoms with Crippen LogP contribution < -0.4 is 20.1 Å². The maximum absolute atomic E-state index is 8.89. The Balaban J connectivity index is 2.56. The van der Waals surface area contributed by atoms with Crippen molar-refractivity contribution in [2.45, 2.75) is 19.9 Å². The van der Waals surface area contributed by atoms with E-state index in [9.17, 15) is 0 Å². The molecule has 0 saturated carbocycles. The van der Waals surface area contributed by atoms with Gasteiger partial charge in [-0.25, -0.2) is 4.99 Å². The molecule has 1 rings (SSSR count). The first-order valence-electron chi connectivity index (χ1n) is 9.74. The van der Waals surface area contributed by atoms with Gasteiger partial charge in [0.15, 0.2) is 17.5 Å². The zero-order valence-electron chi connectivity index (χ0n) is 17.7. The van der Waals surface area contributed by atoms with Gasteiger partial charge in [0.05, 0.1) is 20.3 Å². The lowest BCUT2D eigenvalue weighted by Gasteiger charge is -2.18. The third-order valence-electron chi connectivity index (χ3n) is 4.02. The van der Waals surface area contributed by atoms with Crippen LogP contribution in [0.2, 0.25) is 0 Å². The highest BCUT2D eigenvalue weighted by Crippen LogP contribution is 2.28. The van der Waals surface area contributed by atoms with E-state index in [0.717, 1.165) is 50.7 Å². The molecule has 0 aromatic heterocycles. The minimum absolute atomic E-state index is 0.0332. The molecule has 0 saturated heterocycles. The molecule has 8 nitrogen and oxygen atoms in total. The standard InChI is InChI=1S/C20H36N4O4/c1-5-21-20(22-9-11-24(2)10-6-13-26-3)23-16-17-7-8-18(28-14-12-25)19(15-17)27-4/h7-8,15,25H,5-6,9-14,16H2,1-4H3,(H2,21,22,23). The van der Waals surface area contributed by atoms with E-state index in [2.05, 4.69) is 27.6 Å². The van der Waals surface area contributed by atoms with Crippen LogP contribution in [-0.2, 0) is 11.3 Å². The zero-order chi connectivity index (χ0) is 20.6. The number of guanidine groups is 1. The van der Waals surface area contributed by atoms with Gasteiger partial charge in [-0.2, -0.15) is 0 Å². The van der Waals surface area contributed by atoms with Crippen molar-refractivity contribution in [3.8, 4) is 11.5 Å². The number of ether oxygens (including phenoxy) is 3. The highest BCUT2D eigenvalue weighted by Gasteiger charge is 2.06. The van der Waals surface area contributed by atoms with Crippen LogP contribution in [0.4, 0.5) is 0 Å². The summed E-state index contributed by atoms with van der Waals surface area (Å²) in [5.41, 5.74) is 1.02. The van der Waals surface area contributed by atoms with Crippen molar-refractivity contribution in [2.24, 2.45) is 4.99 Å². The number of hydrogen-bond acceptors (Lipinski definition) is 6. The fraction of sp³-hybridized carbons (Fsp3) is 0.650. The predicted molar refractivity (Wildman–Crippen MR) is 112 cm³/mol. The van der Waals surface area contributed by atoms with Crippen molar-refractivity contribution < 1.29 is 19.3 Å². The molecule has 0 unspecified atom stereocenters. The van der Waals surface area contributed by atoms with Crippen LogP contribution in [0, 0.1) is 0 Å². The van der Waals surface area contributed by atoms with Gasteiger partial charge < -0.3 is 34.9 Å². The fourth-order valence-corrected chi connectivity index (χ4v) is 2.55. The number of nitrogens with zero attached hydrogens (tertiary/aromatic N) is 2. The first kappa shape index (κ1) is 24.0. The van der Waals surface area contributed by atoms with Gasteiger partial charge in [-0.1, -0.05) is 6.07 Å². The maximum atomic E-state index is 8.89. The van der Waals surface area contributed by atoms with Crippen LogP contribution in [0.15, 0.2) is 23.2 Å². The summed E-state index contributed by atoms with van der Waals surface area (Å²) < 4.78 is 15.9. The van der Waals surface area contributed by atoms with E-state index in [1.807, 2.05) is 25.1 Å². The molecule has 0 aliphatic heterocycles. The molecule has 0 aliphatic carbocycles. The molecule has 0 bridgehead atoms. The van der Waals surface area contributed by atoms with Gasteiger partial charge >= 0.3 is 0 Å². The Bertz CT molecular complexity index is 569. The van der Waals surface area contributed by atoms with E-state index < -0.39 is 0 Å². The monoisotopic (exact) mass is 396 g/mol. The number of rotatable bonds is 14. The summed E-state index contributed by atoms with van der Waals surface area (Å²) >= 11 is 0.